The molecule has 0 rings (SSSR count). The molecule has 0 aromatic carbocycles. The molecule has 0 radical (unpaired) electrons. The van der Waals surface area contributed by atoms with Crippen molar-refractivity contribution in [2.45, 2.75) is 39.8 Å². The molecule has 0 aliphatic carbocycles. The van der Waals surface area contributed by atoms with E-state index in [4.69, 9.17) is 22.5 Å². The van der Waals surface area contributed by atoms with Crippen LogP contribution < -0.4 is 0 Å². The SMILES string of the molecule is CC(C)N(C(C)C)[P+](O)(Cl)Cl. The Morgan fingerprint density at radius 3 is 1.36 bits per heavy atom. The maximum absolute atomic E-state index is 9.39. The van der Waals surface area contributed by atoms with Gasteiger partial charge < -0.3 is 0 Å². The summed E-state index contributed by atoms with van der Waals surface area (Å²) in [6, 6.07) is 0.340. The van der Waals surface area contributed by atoms with Crippen LogP contribution >= 0.6 is 28.8 Å². The maximum atomic E-state index is 9.39. The Bertz CT molecular complexity index is 116. The normalized spacial score (nSPS) is 13.6. The first-order valence-electron chi connectivity index (χ1n) is 3.56. The van der Waals surface area contributed by atoms with Crippen LogP contribution in [0.4, 0.5) is 0 Å². The Hall–Kier alpha value is 0.930. The smallest absolute Gasteiger partial charge is 0.197 e. The van der Waals surface area contributed by atoms with E-state index >= 15 is 0 Å². The van der Waals surface area contributed by atoms with Crippen molar-refractivity contribution in [3.8, 4) is 0 Å². The second kappa shape index (κ2) is 4.25. The van der Waals surface area contributed by atoms with Crippen LogP contribution in [0.1, 0.15) is 27.7 Å². The molecular formula is C6H15Cl2NOP+. The third-order valence-electron chi connectivity index (χ3n) is 1.34. The lowest BCUT2D eigenvalue weighted by atomic mass is 10.3. The van der Waals surface area contributed by atoms with E-state index in [0.717, 1.165) is 0 Å². The quantitative estimate of drug-likeness (QED) is 0.736. The van der Waals surface area contributed by atoms with Gasteiger partial charge in [-0.2, -0.15) is 4.89 Å². The monoisotopic (exact) mass is 218 g/mol. The molecule has 5 heteroatoms. The molecule has 0 heterocycles. The van der Waals surface area contributed by atoms with Gasteiger partial charge in [-0.3, -0.25) is 0 Å². The van der Waals surface area contributed by atoms with E-state index in [0.29, 0.717) is 0 Å². The summed E-state index contributed by atoms with van der Waals surface area (Å²) in [4.78, 5) is 9.39. The van der Waals surface area contributed by atoms with Crippen LogP contribution in [0.15, 0.2) is 0 Å². The van der Waals surface area contributed by atoms with Crippen LogP contribution in [0.3, 0.4) is 0 Å². The van der Waals surface area contributed by atoms with Gasteiger partial charge in [0.2, 0.25) is 0 Å². The number of halogens is 2. The molecule has 0 aliphatic heterocycles. The molecule has 2 nitrogen and oxygen atoms in total. The lowest BCUT2D eigenvalue weighted by Gasteiger charge is -2.26. The van der Waals surface area contributed by atoms with Gasteiger partial charge >= 0.3 is 6.35 Å². The summed E-state index contributed by atoms with van der Waals surface area (Å²) in [5.41, 5.74) is 0. The summed E-state index contributed by atoms with van der Waals surface area (Å²) in [6.07, 6.45) is -2.86. The minimum atomic E-state index is -2.86. The fourth-order valence-corrected chi connectivity index (χ4v) is 4.36. The van der Waals surface area contributed by atoms with Crippen molar-refractivity contribution in [2.75, 3.05) is 0 Å². The van der Waals surface area contributed by atoms with E-state index < -0.39 is 6.35 Å². The second-order valence-corrected chi connectivity index (χ2v) is 7.74. The Balaban J connectivity index is 4.35. The predicted octanol–water partition coefficient (Wildman–Crippen LogP) is 3.25. The molecule has 0 unspecified atom stereocenters. The highest BCUT2D eigenvalue weighted by atomic mass is 35.9. The molecular weight excluding hydrogens is 204 g/mol. The van der Waals surface area contributed by atoms with Crippen molar-refractivity contribution in [2.24, 2.45) is 0 Å². The minimum absolute atomic E-state index is 0.170. The first-order valence-corrected chi connectivity index (χ1v) is 7.07. The molecule has 0 saturated heterocycles. The highest BCUT2D eigenvalue weighted by Gasteiger charge is 2.44. The molecule has 1 N–H and O–H groups in total. The standard InChI is InChI=1S/C6H15Cl2NOP/c1-5(2)9(6(3)4)11(7,8)10/h5-6,10H,1-4H3/q+1. The number of hydrogen-bond donors (Lipinski definition) is 1. The third-order valence-corrected chi connectivity index (χ3v) is 3.86. The minimum Gasteiger partial charge on any atom is -0.197 e. The van der Waals surface area contributed by atoms with Crippen LogP contribution in [-0.4, -0.2) is 21.6 Å². The predicted molar refractivity (Wildman–Crippen MR) is 53.0 cm³/mol. The van der Waals surface area contributed by atoms with E-state index in [1.54, 1.807) is 4.67 Å². The summed E-state index contributed by atoms with van der Waals surface area (Å²) in [5, 5.41) is 0. The van der Waals surface area contributed by atoms with Gasteiger partial charge in [0, 0.05) is 12.1 Å². The summed E-state index contributed by atoms with van der Waals surface area (Å²) in [7, 11) is 0. The average Bonchev–Trinajstić information content (AvgIpc) is 1.54. The number of hydrogen-bond acceptors (Lipinski definition) is 2. The molecule has 0 saturated carbocycles. The second-order valence-electron chi connectivity index (χ2n) is 3.02. The summed E-state index contributed by atoms with van der Waals surface area (Å²) in [5.74, 6) is 0. The molecule has 0 bridgehead atoms. The number of nitrogens with zero attached hydrogens (tertiary/aromatic N) is 1. The molecule has 0 spiro atoms. The molecule has 0 aromatic heterocycles. The molecule has 68 valence electrons. The summed E-state index contributed by atoms with van der Waals surface area (Å²) in [6.45, 7) is 7.82. The van der Waals surface area contributed by atoms with E-state index in [1.165, 1.54) is 0 Å². The Kier molecular flexibility index (Phi) is 4.61. The highest BCUT2D eigenvalue weighted by molar-refractivity contribution is 8.11. The highest BCUT2D eigenvalue weighted by Crippen LogP contribution is 2.69. The van der Waals surface area contributed by atoms with Crippen molar-refractivity contribution >= 4 is 28.8 Å². The van der Waals surface area contributed by atoms with Crippen LogP contribution in [0.25, 0.3) is 0 Å². The Labute approximate surface area is 78.5 Å². The topological polar surface area (TPSA) is 23.5 Å². The molecule has 0 aromatic rings. The van der Waals surface area contributed by atoms with E-state index in [1.807, 2.05) is 27.7 Å². The Morgan fingerprint density at radius 2 is 1.36 bits per heavy atom. The summed E-state index contributed by atoms with van der Waals surface area (Å²) < 4.78 is 1.72. The fourth-order valence-electron chi connectivity index (χ4n) is 1.15. The van der Waals surface area contributed by atoms with Gasteiger partial charge in [0.1, 0.15) is 0 Å². The number of rotatable bonds is 3. The van der Waals surface area contributed by atoms with Crippen molar-refractivity contribution < 1.29 is 4.89 Å². The van der Waals surface area contributed by atoms with Gasteiger partial charge in [0.15, 0.2) is 22.5 Å². The van der Waals surface area contributed by atoms with Crippen LogP contribution in [0, 0.1) is 0 Å². The summed E-state index contributed by atoms with van der Waals surface area (Å²) >= 11 is 11.3. The van der Waals surface area contributed by atoms with E-state index in [-0.39, 0.29) is 12.1 Å². The van der Waals surface area contributed by atoms with Gasteiger partial charge in [-0.05, 0) is 27.7 Å². The van der Waals surface area contributed by atoms with Crippen molar-refractivity contribution in [3.05, 3.63) is 0 Å². The lowest BCUT2D eigenvalue weighted by Crippen LogP contribution is -2.33. The van der Waals surface area contributed by atoms with Gasteiger partial charge in [-0.1, -0.05) is 0 Å². The zero-order chi connectivity index (χ0) is 9.23. The van der Waals surface area contributed by atoms with E-state index in [2.05, 4.69) is 0 Å². The van der Waals surface area contributed by atoms with Gasteiger partial charge in [-0.25, -0.2) is 0 Å². The van der Waals surface area contributed by atoms with Crippen LogP contribution in [0.2, 0.25) is 0 Å². The van der Waals surface area contributed by atoms with Gasteiger partial charge in [0.05, 0.1) is 0 Å². The van der Waals surface area contributed by atoms with Crippen molar-refractivity contribution in [1.82, 2.24) is 4.67 Å². The molecule has 0 atom stereocenters. The Morgan fingerprint density at radius 1 is 1.09 bits per heavy atom. The average molecular weight is 219 g/mol. The maximum Gasteiger partial charge on any atom is 0.412 e. The van der Waals surface area contributed by atoms with E-state index in [9.17, 15) is 4.89 Å². The van der Waals surface area contributed by atoms with Crippen molar-refractivity contribution in [1.29, 1.82) is 0 Å². The first-order chi connectivity index (χ1) is 4.76. The zero-order valence-electron chi connectivity index (χ0n) is 7.25. The first kappa shape index (κ1) is 11.9. The van der Waals surface area contributed by atoms with Crippen LogP contribution in [-0.2, 0) is 0 Å². The van der Waals surface area contributed by atoms with Crippen molar-refractivity contribution in [3.63, 3.8) is 0 Å². The van der Waals surface area contributed by atoms with Crippen LogP contribution in [0.5, 0.6) is 0 Å². The molecule has 0 aliphatic rings. The molecule has 0 amide bonds. The lowest BCUT2D eigenvalue weighted by molar-refractivity contribution is 0.300. The molecule has 0 fully saturated rings. The van der Waals surface area contributed by atoms with Gasteiger partial charge in [0.25, 0.3) is 0 Å². The van der Waals surface area contributed by atoms with Gasteiger partial charge in [-0.15, -0.1) is 4.67 Å². The largest absolute Gasteiger partial charge is 0.412 e. The zero-order valence-corrected chi connectivity index (χ0v) is 9.66. The molecule has 11 heavy (non-hydrogen) atoms. The third kappa shape index (κ3) is 3.91. The fraction of sp³-hybridized carbons (Fsp3) is 1.00.